The van der Waals surface area contributed by atoms with Crippen molar-refractivity contribution in [3.05, 3.63) is 41.9 Å². The highest BCUT2D eigenvalue weighted by Crippen LogP contribution is 2.13. The van der Waals surface area contributed by atoms with E-state index in [1.54, 1.807) is 6.20 Å². The number of pyridine rings is 1. The van der Waals surface area contributed by atoms with E-state index in [4.69, 9.17) is 0 Å². The van der Waals surface area contributed by atoms with Crippen LogP contribution in [-0.2, 0) is 6.54 Å². The number of aromatic amines is 1. The fourth-order valence-electron chi connectivity index (χ4n) is 1.65. The van der Waals surface area contributed by atoms with Crippen LogP contribution in [0.2, 0.25) is 0 Å². The number of rotatable bonds is 6. The molecule has 1 amide bonds. The smallest absolute Gasteiger partial charge is 0.255 e. The molecule has 0 aliphatic heterocycles. The quantitative estimate of drug-likeness (QED) is 0.750. The van der Waals surface area contributed by atoms with E-state index in [1.165, 1.54) is 12.4 Å². The van der Waals surface area contributed by atoms with E-state index < -0.39 is 5.82 Å². The molecule has 0 unspecified atom stereocenters. The number of H-pyrrole nitrogens is 1. The number of nitrogens with one attached hydrogen (secondary N) is 3. The van der Waals surface area contributed by atoms with E-state index >= 15 is 0 Å². The molecule has 3 N–H and O–H groups in total. The second-order valence-electron chi connectivity index (χ2n) is 4.24. The lowest BCUT2D eigenvalue weighted by atomic mass is 10.2. The van der Waals surface area contributed by atoms with E-state index in [9.17, 15) is 9.18 Å². The third-order valence-corrected chi connectivity index (χ3v) is 2.64. The molecular weight excluding hydrogens is 261 g/mol. The Hall–Kier alpha value is -2.44. The van der Waals surface area contributed by atoms with Gasteiger partial charge in [-0.15, -0.1) is 0 Å². The van der Waals surface area contributed by atoms with Crippen molar-refractivity contribution < 1.29 is 9.18 Å². The van der Waals surface area contributed by atoms with Crippen LogP contribution in [0.25, 0.3) is 0 Å². The number of nitrogens with zero attached hydrogens (tertiary/aromatic N) is 2. The molecule has 0 radical (unpaired) electrons. The lowest BCUT2D eigenvalue weighted by molar-refractivity contribution is 0.0950. The Morgan fingerprint density at radius 2 is 2.30 bits per heavy atom. The van der Waals surface area contributed by atoms with Crippen molar-refractivity contribution in [2.45, 2.75) is 19.9 Å². The van der Waals surface area contributed by atoms with Gasteiger partial charge in [0.2, 0.25) is 0 Å². The van der Waals surface area contributed by atoms with E-state index in [-0.39, 0.29) is 11.5 Å². The second-order valence-corrected chi connectivity index (χ2v) is 4.24. The number of carbonyl (C=O) groups is 1. The zero-order chi connectivity index (χ0) is 14.4. The van der Waals surface area contributed by atoms with Crippen LogP contribution in [0.3, 0.4) is 0 Å². The zero-order valence-electron chi connectivity index (χ0n) is 11.1. The predicted octanol–water partition coefficient (Wildman–Crippen LogP) is 1.70. The molecule has 7 heteroatoms. The molecule has 0 aliphatic carbocycles. The number of halogens is 1. The van der Waals surface area contributed by atoms with Crippen LogP contribution in [-0.4, -0.2) is 27.4 Å². The van der Waals surface area contributed by atoms with Crippen molar-refractivity contribution in [2.24, 2.45) is 0 Å². The Balaban J connectivity index is 2.08. The van der Waals surface area contributed by atoms with Gasteiger partial charge >= 0.3 is 0 Å². The number of anilines is 1. The summed E-state index contributed by atoms with van der Waals surface area (Å²) in [5.74, 6) is -0.542. The first-order valence-electron chi connectivity index (χ1n) is 6.35. The standard InChI is InChI=1S/C13H16FN5O/c1-2-3-16-12-11(4-9(14)5-17-12)13(20)18-7-10-6-15-8-19-10/h4-6,8H,2-3,7H2,1H3,(H,15,19)(H,16,17)(H,18,20). The maximum absolute atomic E-state index is 13.3. The third kappa shape index (κ3) is 3.53. The van der Waals surface area contributed by atoms with Crippen LogP contribution in [0.1, 0.15) is 29.4 Å². The minimum atomic E-state index is -0.543. The number of carbonyl (C=O) groups excluding carboxylic acids is 1. The molecular formula is C13H16FN5O. The average molecular weight is 277 g/mol. The highest BCUT2D eigenvalue weighted by molar-refractivity contribution is 5.98. The highest BCUT2D eigenvalue weighted by atomic mass is 19.1. The van der Waals surface area contributed by atoms with Gasteiger partial charge in [0.05, 0.1) is 30.3 Å². The van der Waals surface area contributed by atoms with Gasteiger partial charge in [-0.2, -0.15) is 0 Å². The average Bonchev–Trinajstić information content (AvgIpc) is 2.96. The number of hydrogen-bond donors (Lipinski definition) is 3. The molecule has 2 rings (SSSR count). The van der Waals surface area contributed by atoms with Crippen LogP contribution in [0, 0.1) is 5.82 Å². The minimum absolute atomic E-state index is 0.193. The number of hydrogen-bond acceptors (Lipinski definition) is 4. The molecule has 0 saturated carbocycles. The Labute approximate surface area is 115 Å². The molecule has 20 heavy (non-hydrogen) atoms. The lowest BCUT2D eigenvalue weighted by Gasteiger charge is -2.10. The molecule has 0 aromatic carbocycles. The zero-order valence-corrected chi connectivity index (χ0v) is 11.1. The fourth-order valence-corrected chi connectivity index (χ4v) is 1.65. The number of imidazole rings is 1. The second kappa shape index (κ2) is 6.65. The van der Waals surface area contributed by atoms with Gasteiger partial charge in [0, 0.05) is 12.7 Å². The highest BCUT2D eigenvalue weighted by Gasteiger charge is 2.13. The lowest BCUT2D eigenvalue weighted by Crippen LogP contribution is -2.25. The topological polar surface area (TPSA) is 82.7 Å². The van der Waals surface area contributed by atoms with Gasteiger partial charge in [-0.05, 0) is 12.5 Å². The molecule has 0 bridgehead atoms. The van der Waals surface area contributed by atoms with Gasteiger partial charge in [-0.1, -0.05) is 6.92 Å². The van der Waals surface area contributed by atoms with Crippen molar-refractivity contribution in [3.63, 3.8) is 0 Å². The van der Waals surface area contributed by atoms with Gasteiger partial charge in [0.25, 0.3) is 5.91 Å². The summed E-state index contributed by atoms with van der Waals surface area (Å²) >= 11 is 0. The van der Waals surface area contributed by atoms with Crippen LogP contribution >= 0.6 is 0 Å². The Morgan fingerprint density at radius 1 is 1.45 bits per heavy atom. The van der Waals surface area contributed by atoms with Crippen molar-refractivity contribution >= 4 is 11.7 Å². The Kier molecular flexibility index (Phi) is 4.65. The van der Waals surface area contributed by atoms with E-state index in [1.807, 2.05) is 6.92 Å². The summed E-state index contributed by atoms with van der Waals surface area (Å²) in [7, 11) is 0. The maximum Gasteiger partial charge on any atom is 0.255 e. The number of amides is 1. The van der Waals surface area contributed by atoms with Gasteiger partial charge < -0.3 is 15.6 Å². The number of aromatic nitrogens is 3. The molecule has 0 atom stereocenters. The predicted molar refractivity (Wildman–Crippen MR) is 72.7 cm³/mol. The van der Waals surface area contributed by atoms with E-state index in [0.717, 1.165) is 18.3 Å². The molecule has 2 aromatic rings. The first-order valence-corrected chi connectivity index (χ1v) is 6.35. The third-order valence-electron chi connectivity index (χ3n) is 2.64. The first-order chi connectivity index (χ1) is 9.70. The van der Waals surface area contributed by atoms with Crippen molar-refractivity contribution in [1.82, 2.24) is 20.3 Å². The molecule has 2 heterocycles. The Morgan fingerprint density at radius 3 is 3.00 bits per heavy atom. The largest absolute Gasteiger partial charge is 0.369 e. The maximum atomic E-state index is 13.3. The normalized spacial score (nSPS) is 10.3. The molecule has 106 valence electrons. The SMILES string of the molecule is CCCNc1ncc(F)cc1C(=O)NCc1cnc[nH]1. The van der Waals surface area contributed by atoms with Crippen LogP contribution < -0.4 is 10.6 Å². The van der Waals surface area contributed by atoms with Gasteiger partial charge in [0.1, 0.15) is 11.6 Å². The summed E-state index contributed by atoms with van der Waals surface area (Å²) in [5.41, 5.74) is 0.962. The van der Waals surface area contributed by atoms with E-state index in [0.29, 0.717) is 18.9 Å². The van der Waals surface area contributed by atoms with Crippen LogP contribution in [0.5, 0.6) is 0 Å². The van der Waals surface area contributed by atoms with Gasteiger partial charge in [-0.25, -0.2) is 14.4 Å². The fraction of sp³-hybridized carbons (Fsp3) is 0.308. The first kappa shape index (κ1) is 14.0. The molecule has 0 fully saturated rings. The minimum Gasteiger partial charge on any atom is -0.369 e. The molecule has 0 aliphatic rings. The van der Waals surface area contributed by atoms with Gasteiger partial charge in [0.15, 0.2) is 0 Å². The molecule has 0 spiro atoms. The van der Waals surface area contributed by atoms with E-state index in [2.05, 4.69) is 25.6 Å². The summed E-state index contributed by atoms with van der Waals surface area (Å²) in [4.78, 5) is 22.7. The van der Waals surface area contributed by atoms with Gasteiger partial charge in [-0.3, -0.25) is 4.79 Å². The summed E-state index contributed by atoms with van der Waals surface area (Å²) in [6.07, 6.45) is 5.11. The summed E-state index contributed by atoms with van der Waals surface area (Å²) in [5, 5.41) is 5.69. The molecule has 0 saturated heterocycles. The van der Waals surface area contributed by atoms with Crippen LogP contribution in [0.4, 0.5) is 10.2 Å². The summed E-state index contributed by atoms with van der Waals surface area (Å²) < 4.78 is 13.3. The van der Waals surface area contributed by atoms with Crippen LogP contribution in [0.15, 0.2) is 24.8 Å². The summed E-state index contributed by atoms with van der Waals surface area (Å²) in [6.45, 7) is 2.95. The Bertz CT molecular complexity index is 570. The molecule has 6 nitrogen and oxygen atoms in total. The monoisotopic (exact) mass is 277 g/mol. The van der Waals surface area contributed by atoms with Crippen molar-refractivity contribution in [3.8, 4) is 0 Å². The molecule has 2 aromatic heterocycles. The van der Waals surface area contributed by atoms with Crippen molar-refractivity contribution in [1.29, 1.82) is 0 Å². The summed E-state index contributed by atoms with van der Waals surface area (Å²) in [6, 6.07) is 1.17. The van der Waals surface area contributed by atoms with Crippen molar-refractivity contribution in [2.75, 3.05) is 11.9 Å².